The molecule has 0 fully saturated rings. The summed E-state index contributed by atoms with van der Waals surface area (Å²) >= 11 is 0. The van der Waals surface area contributed by atoms with E-state index in [2.05, 4.69) is 5.10 Å². The lowest BCUT2D eigenvalue weighted by molar-refractivity contribution is 0.0956. The molecule has 1 aromatic carbocycles. The van der Waals surface area contributed by atoms with E-state index in [1.54, 1.807) is 19.3 Å². The second-order valence-corrected chi connectivity index (χ2v) is 4.11. The van der Waals surface area contributed by atoms with Crippen LogP contribution in [-0.2, 0) is 7.05 Å². The first-order valence-corrected chi connectivity index (χ1v) is 5.65. The van der Waals surface area contributed by atoms with Crippen LogP contribution in [0.3, 0.4) is 0 Å². The normalized spacial score (nSPS) is 12.2. The molecule has 0 spiro atoms. The molecule has 1 heterocycles. The number of carbonyl (C=O) groups is 1. The SMILES string of the molecule is COc1cccc(C(=O)C(N)c2cnn(C)c2)c1F. The van der Waals surface area contributed by atoms with Gasteiger partial charge in [0, 0.05) is 18.8 Å². The molecule has 1 unspecified atom stereocenters. The minimum atomic E-state index is -0.949. The standard InChI is InChI=1S/C13H14FN3O2/c1-17-7-8(6-16-17)12(15)13(18)9-4-3-5-10(19-2)11(9)14/h3-7,12H,15H2,1-2H3. The van der Waals surface area contributed by atoms with Gasteiger partial charge in [-0.25, -0.2) is 4.39 Å². The molecule has 5 nitrogen and oxygen atoms in total. The Morgan fingerprint density at radius 2 is 2.26 bits per heavy atom. The summed E-state index contributed by atoms with van der Waals surface area (Å²) < 4.78 is 20.4. The van der Waals surface area contributed by atoms with Crippen LogP contribution < -0.4 is 10.5 Å². The van der Waals surface area contributed by atoms with Gasteiger partial charge in [0.25, 0.3) is 0 Å². The van der Waals surface area contributed by atoms with Crippen molar-refractivity contribution in [1.29, 1.82) is 0 Å². The second-order valence-electron chi connectivity index (χ2n) is 4.11. The van der Waals surface area contributed by atoms with Crippen molar-refractivity contribution < 1.29 is 13.9 Å². The highest BCUT2D eigenvalue weighted by Gasteiger charge is 2.23. The van der Waals surface area contributed by atoms with Crippen molar-refractivity contribution in [3.63, 3.8) is 0 Å². The zero-order valence-corrected chi connectivity index (χ0v) is 10.6. The van der Waals surface area contributed by atoms with Crippen LogP contribution in [0.25, 0.3) is 0 Å². The topological polar surface area (TPSA) is 70.1 Å². The zero-order valence-electron chi connectivity index (χ0n) is 10.6. The zero-order chi connectivity index (χ0) is 14.0. The summed E-state index contributed by atoms with van der Waals surface area (Å²) in [6.07, 6.45) is 3.11. The van der Waals surface area contributed by atoms with Crippen LogP contribution in [0, 0.1) is 5.82 Å². The third-order valence-corrected chi connectivity index (χ3v) is 2.82. The molecule has 0 amide bonds. The largest absolute Gasteiger partial charge is 0.494 e. The van der Waals surface area contributed by atoms with Crippen LogP contribution in [0.5, 0.6) is 5.75 Å². The molecule has 19 heavy (non-hydrogen) atoms. The number of carbonyl (C=O) groups excluding carboxylic acids is 1. The first-order valence-electron chi connectivity index (χ1n) is 5.65. The summed E-state index contributed by atoms with van der Waals surface area (Å²) in [4.78, 5) is 12.2. The Balaban J connectivity index is 2.34. The molecule has 1 atom stereocenters. The van der Waals surface area contributed by atoms with E-state index in [1.807, 2.05) is 0 Å². The molecule has 0 bridgehead atoms. The Morgan fingerprint density at radius 1 is 1.53 bits per heavy atom. The average molecular weight is 263 g/mol. The molecule has 0 aliphatic carbocycles. The highest BCUT2D eigenvalue weighted by molar-refractivity contribution is 6.01. The second kappa shape index (κ2) is 5.19. The number of ketones is 1. The van der Waals surface area contributed by atoms with Crippen molar-refractivity contribution >= 4 is 5.78 Å². The van der Waals surface area contributed by atoms with Gasteiger partial charge in [-0.2, -0.15) is 5.10 Å². The van der Waals surface area contributed by atoms with Gasteiger partial charge in [-0.1, -0.05) is 6.07 Å². The Hall–Kier alpha value is -2.21. The number of Topliss-reactive ketones (excluding diaryl/α,β-unsaturated/α-hetero) is 1. The van der Waals surface area contributed by atoms with E-state index >= 15 is 0 Å². The first-order chi connectivity index (χ1) is 9.04. The van der Waals surface area contributed by atoms with E-state index in [0.29, 0.717) is 5.56 Å². The monoisotopic (exact) mass is 263 g/mol. The van der Waals surface area contributed by atoms with Gasteiger partial charge in [-0.05, 0) is 12.1 Å². The van der Waals surface area contributed by atoms with Gasteiger partial charge in [0.15, 0.2) is 17.3 Å². The number of nitrogens with two attached hydrogens (primary N) is 1. The summed E-state index contributed by atoms with van der Waals surface area (Å²) in [5.41, 5.74) is 6.28. The number of aryl methyl sites for hydroxylation is 1. The van der Waals surface area contributed by atoms with E-state index in [4.69, 9.17) is 10.5 Å². The van der Waals surface area contributed by atoms with Crippen molar-refractivity contribution in [1.82, 2.24) is 9.78 Å². The first kappa shape index (κ1) is 13.2. The molecule has 2 rings (SSSR count). The van der Waals surface area contributed by atoms with Crippen molar-refractivity contribution in [2.45, 2.75) is 6.04 Å². The van der Waals surface area contributed by atoms with E-state index in [9.17, 15) is 9.18 Å². The number of rotatable bonds is 4. The summed E-state index contributed by atoms with van der Waals surface area (Å²) in [6, 6.07) is 3.43. The van der Waals surface area contributed by atoms with Crippen LogP contribution in [-0.4, -0.2) is 22.7 Å². The predicted octanol–water partition coefficient (Wildman–Crippen LogP) is 1.45. The average Bonchev–Trinajstić information content (AvgIpc) is 2.84. The molecule has 2 aromatic rings. The maximum atomic E-state index is 14.0. The van der Waals surface area contributed by atoms with Gasteiger partial charge in [0.1, 0.15) is 0 Å². The molecule has 1 aromatic heterocycles. The molecule has 6 heteroatoms. The number of hydrogen-bond donors (Lipinski definition) is 1. The Morgan fingerprint density at radius 3 is 2.84 bits per heavy atom. The van der Waals surface area contributed by atoms with Crippen molar-refractivity contribution in [2.75, 3.05) is 7.11 Å². The Kier molecular flexibility index (Phi) is 3.62. The third-order valence-electron chi connectivity index (χ3n) is 2.82. The van der Waals surface area contributed by atoms with Crippen molar-refractivity contribution in [3.05, 3.63) is 47.5 Å². The highest BCUT2D eigenvalue weighted by atomic mass is 19.1. The smallest absolute Gasteiger partial charge is 0.187 e. The summed E-state index contributed by atoms with van der Waals surface area (Å²) in [5.74, 6) is -1.19. The third kappa shape index (κ3) is 2.48. The molecule has 0 saturated heterocycles. The molecule has 0 aliphatic heterocycles. The fourth-order valence-electron chi connectivity index (χ4n) is 1.78. The van der Waals surface area contributed by atoms with Gasteiger partial charge in [-0.15, -0.1) is 0 Å². The Labute approximate surface area is 109 Å². The highest BCUT2D eigenvalue weighted by Crippen LogP contribution is 2.24. The number of hydrogen-bond acceptors (Lipinski definition) is 4. The number of methoxy groups -OCH3 is 1. The lowest BCUT2D eigenvalue weighted by Gasteiger charge is -2.11. The maximum absolute atomic E-state index is 14.0. The number of benzene rings is 1. The summed E-state index contributed by atoms with van der Waals surface area (Å²) in [7, 11) is 3.06. The number of ether oxygens (including phenoxy) is 1. The lowest BCUT2D eigenvalue weighted by Crippen LogP contribution is -2.22. The molecule has 0 aliphatic rings. The van der Waals surface area contributed by atoms with Crippen LogP contribution in [0.1, 0.15) is 22.0 Å². The maximum Gasteiger partial charge on any atom is 0.187 e. The van der Waals surface area contributed by atoms with E-state index in [-0.39, 0.29) is 11.3 Å². The minimum Gasteiger partial charge on any atom is -0.494 e. The molecule has 2 N–H and O–H groups in total. The van der Waals surface area contributed by atoms with Gasteiger partial charge < -0.3 is 10.5 Å². The van der Waals surface area contributed by atoms with Crippen LogP contribution in [0.15, 0.2) is 30.6 Å². The van der Waals surface area contributed by atoms with Crippen LogP contribution >= 0.6 is 0 Å². The van der Waals surface area contributed by atoms with E-state index < -0.39 is 17.6 Å². The van der Waals surface area contributed by atoms with Crippen LogP contribution in [0.2, 0.25) is 0 Å². The predicted molar refractivity (Wildman–Crippen MR) is 67.4 cm³/mol. The van der Waals surface area contributed by atoms with Gasteiger partial charge >= 0.3 is 0 Å². The molecule has 0 saturated carbocycles. The molecular weight excluding hydrogens is 249 g/mol. The molecule has 100 valence electrons. The minimum absolute atomic E-state index is 0.0178. The van der Waals surface area contributed by atoms with E-state index in [1.165, 1.54) is 30.1 Å². The number of aromatic nitrogens is 2. The fourth-order valence-corrected chi connectivity index (χ4v) is 1.78. The summed E-state index contributed by atoms with van der Waals surface area (Å²) in [6.45, 7) is 0. The number of halogens is 1. The van der Waals surface area contributed by atoms with Gasteiger partial charge in [0.05, 0.1) is 24.9 Å². The quantitative estimate of drug-likeness (QED) is 0.848. The van der Waals surface area contributed by atoms with Crippen molar-refractivity contribution in [2.24, 2.45) is 12.8 Å². The van der Waals surface area contributed by atoms with E-state index in [0.717, 1.165) is 0 Å². The Bertz CT molecular complexity index is 610. The molecular formula is C13H14FN3O2. The summed E-state index contributed by atoms with van der Waals surface area (Å²) in [5, 5.41) is 3.94. The molecule has 0 radical (unpaired) electrons. The number of nitrogens with zero attached hydrogens (tertiary/aromatic N) is 2. The lowest BCUT2D eigenvalue weighted by atomic mass is 10.00. The van der Waals surface area contributed by atoms with Crippen LogP contribution in [0.4, 0.5) is 4.39 Å². The van der Waals surface area contributed by atoms with Crippen molar-refractivity contribution in [3.8, 4) is 5.75 Å². The van der Waals surface area contributed by atoms with Gasteiger partial charge in [-0.3, -0.25) is 9.48 Å². The van der Waals surface area contributed by atoms with Gasteiger partial charge in [0.2, 0.25) is 0 Å². The fraction of sp³-hybridized carbons (Fsp3) is 0.231.